The predicted octanol–water partition coefficient (Wildman–Crippen LogP) is 3.28. The van der Waals surface area contributed by atoms with Gasteiger partial charge in [0.2, 0.25) is 0 Å². The van der Waals surface area contributed by atoms with Gasteiger partial charge in [-0.2, -0.15) is 0 Å². The number of rotatable bonds is 3. The molecule has 0 saturated carbocycles. The summed E-state index contributed by atoms with van der Waals surface area (Å²) < 4.78 is 5.12. The van der Waals surface area contributed by atoms with Gasteiger partial charge in [-0.25, -0.2) is 0 Å². The third-order valence-electron chi connectivity index (χ3n) is 2.92. The third kappa shape index (κ3) is 2.49. The van der Waals surface area contributed by atoms with Gasteiger partial charge in [0, 0.05) is 6.07 Å². The summed E-state index contributed by atoms with van der Waals surface area (Å²) in [5.41, 5.74) is 2.20. The van der Waals surface area contributed by atoms with Crippen LogP contribution in [0.4, 0.5) is 5.69 Å². The fraction of sp³-hybridized carbons (Fsp3) is 0.143. The molecule has 5 heteroatoms. The van der Waals surface area contributed by atoms with E-state index in [9.17, 15) is 15.2 Å². The zero-order valence-electron chi connectivity index (χ0n) is 10.6. The Morgan fingerprint density at radius 1 is 1.21 bits per heavy atom. The smallest absolute Gasteiger partial charge is 0.311 e. The van der Waals surface area contributed by atoms with Gasteiger partial charge in [0.15, 0.2) is 5.75 Å². The molecule has 5 nitrogen and oxygen atoms in total. The number of hydrogen-bond donors (Lipinski definition) is 1. The topological polar surface area (TPSA) is 72.6 Å². The second-order valence-electron chi connectivity index (χ2n) is 4.14. The van der Waals surface area contributed by atoms with E-state index in [1.807, 2.05) is 19.1 Å². The van der Waals surface area contributed by atoms with Crippen LogP contribution in [0.15, 0.2) is 36.4 Å². The maximum atomic E-state index is 10.8. The van der Waals surface area contributed by atoms with Gasteiger partial charge in [0.25, 0.3) is 0 Å². The summed E-state index contributed by atoms with van der Waals surface area (Å²) in [6.45, 7) is 1.90. The molecule has 2 aromatic carbocycles. The molecule has 0 aromatic heterocycles. The standard InChI is InChI=1S/C14H13NO4/c1-9-7-11(19-2)4-5-12(9)10-3-6-14(16)13(8-10)15(17)18/h3-8,16H,1-2H3. The van der Waals surface area contributed by atoms with Crippen LogP contribution in [-0.4, -0.2) is 17.1 Å². The molecule has 0 spiro atoms. The fourth-order valence-corrected chi connectivity index (χ4v) is 1.92. The number of phenols is 1. The summed E-state index contributed by atoms with van der Waals surface area (Å²) in [5.74, 6) is 0.398. The summed E-state index contributed by atoms with van der Waals surface area (Å²) in [6.07, 6.45) is 0. The molecular formula is C14H13NO4. The van der Waals surface area contributed by atoms with E-state index in [-0.39, 0.29) is 11.4 Å². The van der Waals surface area contributed by atoms with Gasteiger partial charge in [-0.3, -0.25) is 10.1 Å². The van der Waals surface area contributed by atoms with Crippen LogP contribution >= 0.6 is 0 Å². The van der Waals surface area contributed by atoms with E-state index in [2.05, 4.69) is 0 Å². The van der Waals surface area contributed by atoms with Gasteiger partial charge in [-0.05, 0) is 41.8 Å². The molecule has 1 N–H and O–H groups in total. The van der Waals surface area contributed by atoms with Crippen molar-refractivity contribution < 1.29 is 14.8 Å². The Morgan fingerprint density at radius 3 is 2.53 bits per heavy atom. The monoisotopic (exact) mass is 259 g/mol. The highest BCUT2D eigenvalue weighted by Crippen LogP contribution is 2.33. The Bertz CT molecular complexity index is 637. The molecule has 0 aliphatic rings. The first-order valence-corrected chi connectivity index (χ1v) is 5.65. The van der Waals surface area contributed by atoms with E-state index in [0.717, 1.165) is 16.9 Å². The number of benzene rings is 2. The molecule has 19 heavy (non-hydrogen) atoms. The average Bonchev–Trinajstić information content (AvgIpc) is 2.39. The van der Waals surface area contributed by atoms with E-state index in [1.54, 1.807) is 19.2 Å². The molecule has 0 fully saturated rings. The number of phenolic OH excluding ortho intramolecular Hbond substituents is 1. The lowest BCUT2D eigenvalue weighted by molar-refractivity contribution is -0.385. The minimum atomic E-state index is -0.600. The maximum absolute atomic E-state index is 10.8. The Kier molecular flexibility index (Phi) is 3.37. The lowest BCUT2D eigenvalue weighted by Gasteiger charge is -2.08. The van der Waals surface area contributed by atoms with Crippen LogP contribution in [0.1, 0.15) is 5.56 Å². The number of aromatic hydroxyl groups is 1. The Labute approximate surface area is 110 Å². The van der Waals surface area contributed by atoms with Gasteiger partial charge in [0.1, 0.15) is 5.75 Å². The van der Waals surface area contributed by atoms with Crippen molar-refractivity contribution in [1.29, 1.82) is 0 Å². The third-order valence-corrected chi connectivity index (χ3v) is 2.92. The van der Waals surface area contributed by atoms with E-state index < -0.39 is 4.92 Å². The molecule has 2 rings (SSSR count). The van der Waals surface area contributed by atoms with Gasteiger partial charge in [0.05, 0.1) is 12.0 Å². The van der Waals surface area contributed by atoms with Crippen molar-refractivity contribution in [3.05, 3.63) is 52.1 Å². The van der Waals surface area contributed by atoms with Crippen LogP contribution in [-0.2, 0) is 0 Å². The molecule has 98 valence electrons. The molecule has 0 unspecified atom stereocenters. The SMILES string of the molecule is COc1ccc(-c2ccc(O)c([N+](=O)[O-])c2)c(C)c1. The Morgan fingerprint density at radius 2 is 1.95 bits per heavy atom. The number of hydrogen-bond acceptors (Lipinski definition) is 4. The van der Waals surface area contributed by atoms with E-state index in [1.165, 1.54) is 12.1 Å². The molecule has 2 aromatic rings. The first-order valence-electron chi connectivity index (χ1n) is 5.65. The summed E-state index contributed by atoms with van der Waals surface area (Å²) in [5, 5.41) is 20.3. The maximum Gasteiger partial charge on any atom is 0.311 e. The molecule has 0 heterocycles. The predicted molar refractivity (Wildman–Crippen MR) is 71.5 cm³/mol. The first-order chi connectivity index (χ1) is 9.02. The van der Waals surface area contributed by atoms with Gasteiger partial charge in [-0.1, -0.05) is 12.1 Å². The van der Waals surface area contributed by atoms with Crippen molar-refractivity contribution in [2.24, 2.45) is 0 Å². The normalized spacial score (nSPS) is 10.2. The first kappa shape index (κ1) is 12.9. The largest absolute Gasteiger partial charge is 0.502 e. The molecule has 0 aliphatic heterocycles. The van der Waals surface area contributed by atoms with Crippen LogP contribution in [0.3, 0.4) is 0 Å². The molecule has 0 aliphatic carbocycles. The number of nitrogens with zero attached hydrogens (tertiary/aromatic N) is 1. The van der Waals surface area contributed by atoms with Crippen molar-refractivity contribution in [2.45, 2.75) is 6.92 Å². The van der Waals surface area contributed by atoms with Crippen molar-refractivity contribution in [2.75, 3.05) is 7.11 Å². The lowest BCUT2D eigenvalue weighted by Crippen LogP contribution is -1.91. The van der Waals surface area contributed by atoms with Gasteiger partial charge >= 0.3 is 5.69 Å². The minimum absolute atomic E-state index is 0.298. The van der Waals surface area contributed by atoms with Crippen LogP contribution in [0.25, 0.3) is 11.1 Å². The minimum Gasteiger partial charge on any atom is -0.502 e. The molecule has 0 bridgehead atoms. The van der Waals surface area contributed by atoms with Crippen molar-refractivity contribution in [3.63, 3.8) is 0 Å². The molecule has 0 atom stereocenters. The number of nitro groups is 1. The van der Waals surface area contributed by atoms with Gasteiger partial charge < -0.3 is 9.84 Å². The number of methoxy groups -OCH3 is 1. The lowest BCUT2D eigenvalue weighted by atomic mass is 9.99. The van der Waals surface area contributed by atoms with E-state index in [4.69, 9.17) is 4.74 Å². The van der Waals surface area contributed by atoms with Crippen LogP contribution < -0.4 is 4.74 Å². The summed E-state index contributed by atoms with van der Waals surface area (Å²) in [6, 6.07) is 9.83. The Balaban J connectivity index is 2.53. The quantitative estimate of drug-likeness (QED) is 0.678. The van der Waals surface area contributed by atoms with Crippen LogP contribution in [0.2, 0.25) is 0 Å². The van der Waals surface area contributed by atoms with Crippen LogP contribution in [0.5, 0.6) is 11.5 Å². The second kappa shape index (κ2) is 4.97. The van der Waals surface area contributed by atoms with E-state index >= 15 is 0 Å². The summed E-state index contributed by atoms with van der Waals surface area (Å²) >= 11 is 0. The highest BCUT2D eigenvalue weighted by Gasteiger charge is 2.15. The fourth-order valence-electron chi connectivity index (χ4n) is 1.92. The number of ether oxygens (including phenoxy) is 1. The highest BCUT2D eigenvalue weighted by atomic mass is 16.6. The summed E-state index contributed by atoms with van der Waals surface area (Å²) in [4.78, 5) is 10.2. The van der Waals surface area contributed by atoms with Gasteiger partial charge in [-0.15, -0.1) is 0 Å². The molecule has 0 saturated heterocycles. The average molecular weight is 259 g/mol. The van der Waals surface area contributed by atoms with Crippen LogP contribution in [0, 0.1) is 17.0 Å². The highest BCUT2D eigenvalue weighted by molar-refractivity contribution is 5.72. The zero-order chi connectivity index (χ0) is 14.0. The van der Waals surface area contributed by atoms with Crippen molar-refractivity contribution in [1.82, 2.24) is 0 Å². The second-order valence-corrected chi connectivity index (χ2v) is 4.14. The molecule has 0 amide bonds. The zero-order valence-corrected chi connectivity index (χ0v) is 10.6. The van der Waals surface area contributed by atoms with Crippen molar-refractivity contribution >= 4 is 5.69 Å². The van der Waals surface area contributed by atoms with Crippen molar-refractivity contribution in [3.8, 4) is 22.6 Å². The summed E-state index contributed by atoms with van der Waals surface area (Å²) in [7, 11) is 1.58. The number of aryl methyl sites for hydroxylation is 1. The Hall–Kier alpha value is -2.56. The molecular weight excluding hydrogens is 246 g/mol. The van der Waals surface area contributed by atoms with E-state index in [0.29, 0.717) is 5.56 Å². The number of nitro benzene ring substituents is 1. The molecule has 0 radical (unpaired) electrons.